The van der Waals surface area contributed by atoms with Gasteiger partial charge in [0, 0.05) is 69.1 Å². The topological polar surface area (TPSA) is 13.0 Å². The van der Waals surface area contributed by atoms with E-state index in [1.54, 1.807) is 0 Å². The van der Waals surface area contributed by atoms with E-state index in [4.69, 9.17) is 0 Å². The van der Waals surface area contributed by atoms with Crippen LogP contribution in [0.25, 0.3) is 33.4 Å². The molecular weight excluding hydrogens is 957 g/mol. The van der Waals surface area contributed by atoms with E-state index in [9.17, 15) is 0 Å². The lowest BCUT2D eigenvalue weighted by molar-refractivity contribution is 0.976. The van der Waals surface area contributed by atoms with Gasteiger partial charge in [-0.2, -0.15) is 0 Å². The van der Waals surface area contributed by atoms with Gasteiger partial charge in [-0.3, -0.25) is 0 Å². The monoisotopic (exact) mass is 1020 g/mol. The summed E-state index contributed by atoms with van der Waals surface area (Å²) in [5, 5.41) is 0. The molecule has 0 radical (unpaired) electrons. The predicted molar refractivity (Wildman–Crippen MR) is 335 cm³/mol. The molecule has 4 heteroatoms. The van der Waals surface area contributed by atoms with Crippen molar-refractivity contribution in [3.05, 3.63) is 332 Å². The minimum Gasteiger partial charge on any atom is -0.337 e. The number of rotatable bonds is 16. The molecule has 0 unspecified atom stereocenters. The van der Waals surface area contributed by atoms with Crippen LogP contribution in [-0.4, -0.2) is 0 Å². The second kappa shape index (κ2) is 23.0. The highest BCUT2D eigenvalue weighted by Gasteiger charge is 2.17. The van der Waals surface area contributed by atoms with Crippen molar-refractivity contribution in [2.75, 3.05) is 19.6 Å². The van der Waals surface area contributed by atoms with Gasteiger partial charge in [-0.1, -0.05) is 193 Å². The molecule has 0 N–H and O–H groups in total. The first-order valence-electron chi connectivity index (χ1n) is 27.1. The molecule has 0 aliphatic carbocycles. The fourth-order valence-corrected chi connectivity index (χ4v) is 10.4. The van der Waals surface area contributed by atoms with Crippen LogP contribution in [0.1, 0.15) is 16.7 Å². The van der Waals surface area contributed by atoms with Crippen LogP contribution in [0.5, 0.6) is 0 Å². The van der Waals surface area contributed by atoms with Crippen molar-refractivity contribution in [3.63, 3.8) is 0 Å². The first-order chi connectivity index (χ1) is 39.0. The Morgan fingerprint density at radius 3 is 0.646 bits per heavy atom. The van der Waals surface area contributed by atoms with E-state index in [0.717, 1.165) is 85.8 Å². The Kier molecular flexibility index (Phi) is 14.5. The molecule has 0 saturated carbocycles. The maximum Gasteiger partial charge on any atom is 0.0481 e. The number of para-hydroxylation sites is 4. The summed E-state index contributed by atoms with van der Waals surface area (Å²) < 4.78 is 0. The summed E-state index contributed by atoms with van der Waals surface area (Å²) in [6.07, 6.45) is 0. The number of nitrogens with zero attached hydrogens (tertiary/aromatic N) is 4. The van der Waals surface area contributed by atoms with E-state index >= 15 is 0 Å². The number of anilines is 11. The maximum atomic E-state index is 2.39. The van der Waals surface area contributed by atoms with Gasteiger partial charge in [0.15, 0.2) is 0 Å². The van der Waals surface area contributed by atoms with Crippen molar-refractivity contribution in [1.29, 1.82) is 0 Å². The van der Waals surface area contributed by atoms with E-state index in [1.165, 1.54) is 33.4 Å². The number of hydrogen-bond donors (Lipinski definition) is 0. The molecule has 12 aromatic rings. The summed E-state index contributed by atoms with van der Waals surface area (Å²) in [4.78, 5) is 9.33. The Labute approximate surface area is 465 Å². The third-order valence-corrected chi connectivity index (χ3v) is 14.7. The lowest BCUT2D eigenvalue weighted by Gasteiger charge is -2.26. The average Bonchev–Trinajstić information content (AvgIpc) is 3.58. The molecule has 12 rings (SSSR count). The molecule has 0 saturated heterocycles. The summed E-state index contributed by atoms with van der Waals surface area (Å²) in [5.41, 5.74) is 23.0. The Balaban J connectivity index is 0.751. The van der Waals surface area contributed by atoms with E-state index < -0.39 is 0 Å². The number of hydrogen-bond acceptors (Lipinski definition) is 4. The van der Waals surface area contributed by atoms with Gasteiger partial charge >= 0.3 is 0 Å². The number of aryl methyl sites for hydroxylation is 2. The van der Waals surface area contributed by atoms with Crippen LogP contribution in [0, 0.1) is 13.8 Å². The second-order valence-corrected chi connectivity index (χ2v) is 20.0. The summed E-state index contributed by atoms with van der Waals surface area (Å²) in [5.74, 6) is 0. The summed E-state index contributed by atoms with van der Waals surface area (Å²) in [6.45, 7) is 4.98. The van der Waals surface area contributed by atoms with E-state index in [-0.39, 0.29) is 0 Å². The molecule has 0 fully saturated rings. The van der Waals surface area contributed by atoms with Crippen molar-refractivity contribution in [2.24, 2.45) is 0 Å². The minimum atomic E-state index is 0.727. The summed E-state index contributed by atoms with van der Waals surface area (Å²) >= 11 is 0. The molecule has 0 bridgehead atoms. The van der Waals surface area contributed by atoms with Crippen molar-refractivity contribution in [3.8, 4) is 33.4 Å². The fourth-order valence-electron chi connectivity index (χ4n) is 10.4. The summed E-state index contributed by atoms with van der Waals surface area (Å²) in [6, 6.07) is 113. The summed E-state index contributed by atoms with van der Waals surface area (Å²) in [7, 11) is 0. The number of benzene rings is 12. The Bertz CT molecular complexity index is 3850. The van der Waals surface area contributed by atoms with Crippen LogP contribution in [-0.2, 0) is 6.54 Å². The molecule has 0 atom stereocenters. The molecule has 0 aliphatic heterocycles. The fraction of sp³-hybridized carbons (Fsp3) is 0.0400. The molecule has 0 amide bonds. The van der Waals surface area contributed by atoms with Gasteiger partial charge in [0.05, 0.1) is 0 Å². The largest absolute Gasteiger partial charge is 0.337 e. The normalized spacial score (nSPS) is 11.0. The van der Waals surface area contributed by atoms with Crippen LogP contribution in [0.4, 0.5) is 62.6 Å². The Hall–Kier alpha value is -10.2. The van der Waals surface area contributed by atoms with Gasteiger partial charge in [-0.05, 0) is 186 Å². The van der Waals surface area contributed by atoms with Crippen LogP contribution in [0.3, 0.4) is 0 Å². The third kappa shape index (κ3) is 11.2. The molecule has 0 aliphatic rings. The van der Waals surface area contributed by atoms with Gasteiger partial charge in [-0.25, -0.2) is 0 Å². The zero-order chi connectivity index (χ0) is 53.3. The molecule has 0 spiro atoms. The molecular formula is C75H60N4. The zero-order valence-corrected chi connectivity index (χ0v) is 44.5. The van der Waals surface area contributed by atoms with Crippen molar-refractivity contribution >= 4 is 62.6 Å². The highest BCUT2D eigenvalue weighted by molar-refractivity contribution is 5.83. The van der Waals surface area contributed by atoms with Crippen LogP contribution in [0.15, 0.2) is 315 Å². The van der Waals surface area contributed by atoms with Crippen LogP contribution < -0.4 is 19.6 Å². The molecule has 4 nitrogen and oxygen atoms in total. The lowest BCUT2D eigenvalue weighted by atomic mass is 10.0. The van der Waals surface area contributed by atoms with Crippen molar-refractivity contribution in [2.45, 2.75) is 20.4 Å². The molecule has 0 heterocycles. The predicted octanol–water partition coefficient (Wildman–Crippen LogP) is 21.1. The first-order valence-corrected chi connectivity index (χ1v) is 27.1. The molecule has 0 aromatic heterocycles. The van der Waals surface area contributed by atoms with E-state index in [0.29, 0.717) is 0 Å². The second-order valence-electron chi connectivity index (χ2n) is 20.0. The van der Waals surface area contributed by atoms with Crippen LogP contribution in [0.2, 0.25) is 0 Å². The Morgan fingerprint density at radius 2 is 0.380 bits per heavy atom. The maximum absolute atomic E-state index is 2.39. The Morgan fingerprint density at radius 1 is 0.190 bits per heavy atom. The minimum absolute atomic E-state index is 0.727. The smallest absolute Gasteiger partial charge is 0.0481 e. The third-order valence-electron chi connectivity index (χ3n) is 14.7. The molecule has 12 aromatic carbocycles. The average molecular weight is 1020 g/mol. The van der Waals surface area contributed by atoms with Gasteiger partial charge in [0.1, 0.15) is 0 Å². The molecule has 79 heavy (non-hydrogen) atoms. The highest BCUT2D eigenvalue weighted by Crippen LogP contribution is 2.40. The van der Waals surface area contributed by atoms with Gasteiger partial charge in [0.25, 0.3) is 0 Å². The quantitative estimate of drug-likeness (QED) is 0.0956. The van der Waals surface area contributed by atoms with Crippen molar-refractivity contribution in [1.82, 2.24) is 0 Å². The standard InChI is InChI=1S/C75H60N4/c1-56-23-41-70(42-24-56)77(67-17-9-4-10-18-67)72-47-33-61(34-48-72)59-29-27-58(28-30-59)55-76(65-15-7-3-8-16-65)66-45-31-60(32-46-66)62-35-51-74(52-36-62)79(69-21-13-6-14-22-69)75-53-39-64(40-54-75)63-37-49-73(50-38-63)78(68-19-11-5-12-20-68)71-43-25-57(2)26-44-71/h3-54H,55H2,1-2H3. The van der Waals surface area contributed by atoms with E-state index in [1.807, 2.05) is 0 Å². The molecule has 380 valence electrons. The van der Waals surface area contributed by atoms with Gasteiger partial charge < -0.3 is 19.6 Å². The lowest BCUT2D eigenvalue weighted by Crippen LogP contribution is -2.16. The first kappa shape index (κ1) is 49.7. The zero-order valence-electron chi connectivity index (χ0n) is 44.5. The van der Waals surface area contributed by atoms with Crippen LogP contribution >= 0.6 is 0 Å². The SMILES string of the molecule is Cc1ccc(N(c2ccccc2)c2ccc(-c3ccc(CN(c4ccccc4)c4ccc(-c5ccc(N(c6ccccc6)c6ccc(-c7ccc(N(c8ccccc8)c8ccc(C)cc8)cc7)cc6)cc5)cc4)cc3)cc2)cc1. The van der Waals surface area contributed by atoms with E-state index in [2.05, 4.69) is 349 Å². The highest BCUT2D eigenvalue weighted by atomic mass is 15.2. The van der Waals surface area contributed by atoms with Crippen molar-refractivity contribution < 1.29 is 0 Å². The van der Waals surface area contributed by atoms with Gasteiger partial charge in [-0.15, -0.1) is 0 Å². The van der Waals surface area contributed by atoms with Gasteiger partial charge in [0.2, 0.25) is 0 Å².